The van der Waals surface area contributed by atoms with Gasteiger partial charge in [-0.1, -0.05) is 30.3 Å². The number of halogens is 3. The average Bonchev–Trinajstić information content (AvgIpc) is 2.58. The second kappa shape index (κ2) is 6.59. The van der Waals surface area contributed by atoms with Crippen LogP contribution >= 0.6 is 0 Å². The maximum atomic E-state index is 14.0. The number of aryl methyl sites for hydroxylation is 1. The number of benzene rings is 3. The van der Waals surface area contributed by atoms with Crippen LogP contribution in [0.15, 0.2) is 59.5 Å². The van der Waals surface area contributed by atoms with Crippen molar-refractivity contribution in [1.29, 1.82) is 0 Å². The van der Waals surface area contributed by atoms with E-state index in [2.05, 4.69) is 0 Å². The van der Waals surface area contributed by atoms with Crippen molar-refractivity contribution in [3.8, 4) is 22.3 Å². The molecule has 0 saturated heterocycles. The van der Waals surface area contributed by atoms with Crippen molar-refractivity contribution in [3.05, 3.63) is 77.6 Å². The van der Waals surface area contributed by atoms with Crippen LogP contribution in [0, 0.1) is 24.4 Å². The molecule has 2 N–H and O–H groups in total. The monoisotopic (exact) mass is 377 g/mol. The summed E-state index contributed by atoms with van der Waals surface area (Å²) in [7, 11) is -4.11. The molecule has 0 atom stereocenters. The van der Waals surface area contributed by atoms with Crippen LogP contribution in [0.1, 0.15) is 5.56 Å². The van der Waals surface area contributed by atoms with Crippen molar-refractivity contribution < 1.29 is 21.6 Å². The SMILES string of the molecule is Cc1ccc(-c2cc(F)c(F)cc2-c2ccccc2S(N)(=O)=O)cc1F. The van der Waals surface area contributed by atoms with E-state index in [9.17, 15) is 21.6 Å². The van der Waals surface area contributed by atoms with E-state index in [4.69, 9.17) is 5.14 Å². The maximum absolute atomic E-state index is 14.0. The van der Waals surface area contributed by atoms with Gasteiger partial charge in [0, 0.05) is 5.56 Å². The molecule has 26 heavy (non-hydrogen) atoms. The van der Waals surface area contributed by atoms with E-state index < -0.39 is 27.5 Å². The normalized spacial score (nSPS) is 11.6. The fourth-order valence-corrected chi connectivity index (χ4v) is 3.46. The highest BCUT2D eigenvalue weighted by Crippen LogP contribution is 2.37. The van der Waals surface area contributed by atoms with Crippen LogP contribution in [-0.4, -0.2) is 8.42 Å². The summed E-state index contributed by atoms with van der Waals surface area (Å²) in [6.07, 6.45) is 0. The fourth-order valence-electron chi connectivity index (χ4n) is 2.71. The molecular weight excluding hydrogens is 363 g/mol. The minimum Gasteiger partial charge on any atom is -0.225 e. The topological polar surface area (TPSA) is 60.2 Å². The van der Waals surface area contributed by atoms with Gasteiger partial charge in [-0.2, -0.15) is 0 Å². The second-order valence-corrected chi connectivity index (χ2v) is 7.35. The van der Waals surface area contributed by atoms with Gasteiger partial charge in [0.15, 0.2) is 11.6 Å². The van der Waals surface area contributed by atoms with Crippen molar-refractivity contribution in [2.24, 2.45) is 5.14 Å². The molecule has 3 nitrogen and oxygen atoms in total. The lowest BCUT2D eigenvalue weighted by Gasteiger charge is -2.14. The summed E-state index contributed by atoms with van der Waals surface area (Å²) in [4.78, 5) is -0.236. The summed E-state index contributed by atoms with van der Waals surface area (Å²) >= 11 is 0. The first-order valence-electron chi connectivity index (χ1n) is 7.56. The first-order chi connectivity index (χ1) is 12.2. The molecule has 0 aliphatic carbocycles. The van der Waals surface area contributed by atoms with Crippen molar-refractivity contribution in [2.45, 2.75) is 11.8 Å². The molecule has 0 bridgehead atoms. The molecule has 0 radical (unpaired) electrons. The summed E-state index contributed by atoms with van der Waals surface area (Å²) in [5.41, 5.74) is 1.02. The lowest BCUT2D eigenvalue weighted by Crippen LogP contribution is -2.13. The molecule has 3 aromatic rings. The predicted octanol–water partition coefficient (Wildman–Crippen LogP) is 4.39. The van der Waals surface area contributed by atoms with Gasteiger partial charge >= 0.3 is 0 Å². The smallest absolute Gasteiger partial charge is 0.225 e. The zero-order valence-corrected chi connectivity index (χ0v) is 14.4. The molecule has 134 valence electrons. The predicted molar refractivity (Wildman–Crippen MR) is 93.3 cm³/mol. The van der Waals surface area contributed by atoms with E-state index in [0.29, 0.717) is 5.56 Å². The summed E-state index contributed by atoms with van der Waals surface area (Å²) < 4.78 is 65.5. The lowest BCUT2D eigenvalue weighted by atomic mass is 9.93. The van der Waals surface area contributed by atoms with Crippen LogP contribution in [0.4, 0.5) is 13.2 Å². The van der Waals surface area contributed by atoms with Gasteiger partial charge in [0.05, 0.1) is 4.90 Å². The summed E-state index contributed by atoms with van der Waals surface area (Å²) in [5.74, 6) is -2.80. The molecule has 0 fully saturated rings. The van der Waals surface area contributed by atoms with Crippen LogP contribution < -0.4 is 5.14 Å². The van der Waals surface area contributed by atoms with Crippen molar-refractivity contribution >= 4 is 10.0 Å². The van der Waals surface area contributed by atoms with Crippen LogP contribution in [0.3, 0.4) is 0 Å². The minimum atomic E-state index is -4.11. The molecule has 0 spiro atoms. The molecule has 0 saturated carbocycles. The van der Waals surface area contributed by atoms with E-state index >= 15 is 0 Å². The van der Waals surface area contributed by atoms with Gasteiger partial charge in [0.25, 0.3) is 0 Å². The van der Waals surface area contributed by atoms with Gasteiger partial charge in [0.2, 0.25) is 10.0 Å². The highest BCUT2D eigenvalue weighted by molar-refractivity contribution is 7.89. The zero-order valence-electron chi connectivity index (χ0n) is 13.6. The number of hydrogen-bond donors (Lipinski definition) is 1. The average molecular weight is 377 g/mol. The Morgan fingerprint density at radius 1 is 0.769 bits per heavy atom. The maximum Gasteiger partial charge on any atom is 0.238 e. The Balaban J connectivity index is 2.36. The third kappa shape index (κ3) is 3.36. The number of hydrogen-bond acceptors (Lipinski definition) is 2. The van der Waals surface area contributed by atoms with Gasteiger partial charge in [0.1, 0.15) is 5.82 Å². The van der Waals surface area contributed by atoms with E-state index in [1.165, 1.54) is 30.3 Å². The van der Waals surface area contributed by atoms with E-state index in [0.717, 1.165) is 12.1 Å². The molecule has 0 heterocycles. The molecule has 0 unspecified atom stereocenters. The van der Waals surface area contributed by atoms with E-state index in [-0.39, 0.29) is 27.1 Å². The Hall–Kier alpha value is -2.64. The van der Waals surface area contributed by atoms with Crippen molar-refractivity contribution in [3.63, 3.8) is 0 Å². The Labute approximate surface area is 149 Å². The molecule has 0 amide bonds. The molecule has 0 aromatic heterocycles. The van der Waals surface area contributed by atoms with Crippen LogP contribution in [0.5, 0.6) is 0 Å². The standard InChI is InChI=1S/C19H14F3NO2S/c1-11-6-7-12(8-16(11)20)14-9-17(21)18(22)10-15(14)13-4-2-3-5-19(13)26(23,24)25/h2-10H,1H3,(H2,23,24,25). The Morgan fingerprint density at radius 2 is 1.38 bits per heavy atom. The molecule has 0 aliphatic heterocycles. The first-order valence-corrected chi connectivity index (χ1v) is 9.11. The van der Waals surface area contributed by atoms with Crippen LogP contribution in [-0.2, 0) is 10.0 Å². The van der Waals surface area contributed by atoms with Crippen molar-refractivity contribution in [1.82, 2.24) is 0 Å². The summed E-state index contributed by atoms with van der Waals surface area (Å²) in [6, 6.07) is 11.7. The largest absolute Gasteiger partial charge is 0.238 e. The molecule has 3 aromatic carbocycles. The summed E-state index contributed by atoms with van der Waals surface area (Å²) in [5, 5.41) is 5.24. The highest BCUT2D eigenvalue weighted by Gasteiger charge is 2.20. The number of nitrogens with two attached hydrogens (primary N) is 1. The van der Waals surface area contributed by atoms with Gasteiger partial charge in [-0.05, 0) is 53.4 Å². The van der Waals surface area contributed by atoms with E-state index in [1.807, 2.05) is 0 Å². The Morgan fingerprint density at radius 3 is 2.00 bits per heavy atom. The fraction of sp³-hybridized carbons (Fsp3) is 0.0526. The minimum absolute atomic E-state index is 0.0942. The molecule has 7 heteroatoms. The van der Waals surface area contributed by atoms with Gasteiger partial charge in [-0.25, -0.2) is 26.7 Å². The number of rotatable bonds is 3. The van der Waals surface area contributed by atoms with Crippen LogP contribution in [0.25, 0.3) is 22.3 Å². The zero-order chi connectivity index (χ0) is 19.1. The quantitative estimate of drug-likeness (QED) is 0.736. The highest BCUT2D eigenvalue weighted by atomic mass is 32.2. The third-order valence-electron chi connectivity index (χ3n) is 4.03. The van der Waals surface area contributed by atoms with Crippen LogP contribution in [0.2, 0.25) is 0 Å². The second-order valence-electron chi connectivity index (χ2n) is 5.82. The first kappa shape index (κ1) is 18.2. The molecule has 3 rings (SSSR count). The molecular formula is C19H14F3NO2S. The number of sulfonamides is 1. The van der Waals surface area contributed by atoms with Crippen molar-refractivity contribution in [2.75, 3.05) is 0 Å². The van der Waals surface area contributed by atoms with E-state index in [1.54, 1.807) is 19.1 Å². The van der Waals surface area contributed by atoms with Gasteiger partial charge in [-0.15, -0.1) is 0 Å². The number of primary sulfonamides is 1. The third-order valence-corrected chi connectivity index (χ3v) is 5.00. The lowest BCUT2D eigenvalue weighted by molar-refractivity contribution is 0.509. The Kier molecular flexibility index (Phi) is 4.60. The van der Waals surface area contributed by atoms with Gasteiger partial charge in [-0.3, -0.25) is 0 Å². The summed E-state index contributed by atoms with van der Waals surface area (Å²) in [6.45, 7) is 1.57. The molecule has 0 aliphatic rings. The van der Waals surface area contributed by atoms with Gasteiger partial charge < -0.3 is 0 Å². The Bertz CT molecular complexity index is 1110.